The maximum atomic E-state index is 12.9. The average molecular weight is 466 g/mol. The fraction of sp³-hybridized carbons (Fsp3) is 0.333. The molecule has 1 aliphatic heterocycles. The van der Waals surface area contributed by atoms with Gasteiger partial charge < -0.3 is 15.4 Å². The normalized spacial score (nSPS) is 14.6. The van der Waals surface area contributed by atoms with Crippen LogP contribution < -0.4 is 15.4 Å². The molecule has 0 unspecified atom stereocenters. The van der Waals surface area contributed by atoms with E-state index in [1.165, 1.54) is 35.7 Å². The standard InChI is InChI=1S/C21H24ClN3O5S/c1-30-19-9-8-17(31(28,29)25-10-3-2-4-11-25)13-18(19)24-20(26)14-23-21(27)15-6-5-7-16(22)12-15/h5-9,12-13H,2-4,10-11,14H2,1H3,(H,23,27)(H,24,26). The number of nitrogens with zero attached hydrogens (tertiary/aromatic N) is 1. The van der Waals surface area contributed by atoms with Crippen LogP contribution in [-0.2, 0) is 14.8 Å². The van der Waals surface area contributed by atoms with E-state index in [9.17, 15) is 18.0 Å². The van der Waals surface area contributed by atoms with Crippen molar-refractivity contribution in [3.05, 3.63) is 53.1 Å². The molecule has 1 saturated heterocycles. The largest absolute Gasteiger partial charge is 0.495 e. The van der Waals surface area contributed by atoms with Crippen molar-refractivity contribution >= 4 is 39.1 Å². The van der Waals surface area contributed by atoms with Crippen LogP contribution in [0.15, 0.2) is 47.4 Å². The van der Waals surface area contributed by atoms with Crippen molar-refractivity contribution in [1.82, 2.24) is 9.62 Å². The molecule has 0 radical (unpaired) electrons. The third-order valence-corrected chi connectivity index (χ3v) is 7.02. The number of amides is 2. The Morgan fingerprint density at radius 2 is 1.84 bits per heavy atom. The molecule has 0 atom stereocenters. The Kier molecular flexibility index (Phi) is 7.53. The molecule has 1 aliphatic rings. The third-order valence-electron chi connectivity index (χ3n) is 4.89. The lowest BCUT2D eigenvalue weighted by atomic mass is 10.2. The van der Waals surface area contributed by atoms with Crippen LogP contribution in [0.3, 0.4) is 0 Å². The molecule has 2 aromatic rings. The van der Waals surface area contributed by atoms with Crippen LogP contribution in [-0.4, -0.2) is 51.3 Å². The first-order valence-corrected chi connectivity index (χ1v) is 11.6. The van der Waals surface area contributed by atoms with Gasteiger partial charge in [0.05, 0.1) is 24.2 Å². The number of hydrogen-bond acceptors (Lipinski definition) is 5. The molecule has 0 aliphatic carbocycles. The average Bonchev–Trinajstić information content (AvgIpc) is 2.78. The second kappa shape index (κ2) is 10.1. The van der Waals surface area contributed by atoms with Gasteiger partial charge in [-0.15, -0.1) is 0 Å². The van der Waals surface area contributed by atoms with Crippen molar-refractivity contribution in [3.63, 3.8) is 0 Å². The van der Waals surface area contributed by atoms with Gasteiger partial charge >= 0.3 is 0 Å². The van der Waals surface area contributed by atoms with Crippen molar-refractivity contribution in [2.75, 3.05) is 32.1 Å². The number of benzene rings is 2. The molecule has 3 rings (SSSR count). The van der Waals surface area contributed by atoms with Gasteiger partial charge in [-0.05, 0) is 49.2 Å². The molecule has 0 aromatic heterocycles. The van der Waals surface area contributed by atoms with E-state index in [1.54, 1.807) is 18.2 Å². The van der Waals surface area contributed by atoms with Gasteiger partial charge in [0.25, 0.3) is 5.91 Å². The van der Waals surface area contributed by atoms with Crippen LogP contribution in [0.2, 0.25) is 5.02 Å². The summed E-state index contributed by atoms with van der Waals surface area (Å²) in [6.07, 6.45) is 2.66. The smallest absolute Gasteiger partial charge is 0.251 e. The SMILES string of the molecule is COc1ccc(S(=O)(=O)N2CCCCC2)cc1NC(=O)CNC(=O)c1cccc(Cl)c1. The maximum absolute atomic E-state index is 12.9. The lowest BCUT2D eigenvalue weighted by Gasteiger charge is -2.26. The first-order chi connectivity index (χ1) is 14.8. The zero-order valence-corrected chi connectivity index (χ0v) is 18.6. The topological polar surface area (TPSA) is 105 Å². The van der Waals surface area contributed by atoms with Gasteiger partial charge in [0.15, 0.2) is 0 Å². The number of piperidine rings is 1. The Bertz CT molecular complexity index is 1070. The number of carbonyl (C=O) groups is 2. The van der Waals surface area contributed by atoms with E-state index >= 15 is 0 Å². The molecule has 166 valence electrons. The Labute approximate surface area is 186 Å². The highest BCUT2D eigenvalue weighted by molar-refractivity contribution is 7.89. The number of hydrogen-bond donors (Lipinski definition) is 2. The first kappa shape index (κ1) is 23.1. The van der Waals surface area contributed by atoms with Gasteiger partial charge in [-0.2, -0.15) is 4.31 Å². The summed E-state index contributed by atoms with van der Waals surface area (Å²) < 4.78 is 32.6. The third kappa shape index (κ3) is 5.75. The molecule has 31 heavy (non-hydrogen) atoms. The predicted molar refractivity (Wildman–Crippen MR) is 118 cm³/mol. The molecular formula is C21H24ClN3O5S. The first-order valence-electron chi connectivity index (χ1n) is 9.83. The van der Waals surface area contributed by atoms with Crippen LogP contribution in [0.4, 0.5) is 5.69 Å². The highest BCUT2D eigenvalue weighted by atomic mass is 35.5. The number of methoxy groups -OCH3 is 1. The number of halogens is 1. The summed E-state index contributed by atoms with van der Waals surface area (Å²) in [5.41, 5.74) is 0.537. The monoisotopic (exact) mass is 465 g/mol. The molecule has 2 N–H and O–H groups in total. The second-order valence-electron chi connectivity index (χ2n) is 7.07. The lowest BCUT2D eigenvalue weighted by Crippen LogP contribution is -2.35. The van der Waals surface area contributed by atoms with Crippen LogP contribution in [0.1, 0.15) is 29.6 Å². The number of rotatable bonds is 7. The molecule has 0 bridgehead atoms. The zero-order chi connectivity index (χ0) is 22.4. The Morgan fingerprint density at radius 1 is 1.10 bits per heavy atom. The Morgan fingerprint density at radius 3 is 2.52 bits per heavy atom. The Balaban J connectivity index is 1.70. The summed E-state index contributed by atoms with van der Waals surface area (Å²) in [6, 6.07) is 10.7. The van der Waals surface area contributed by atoms with E-state index in [2.05, 4.69) is 10.6 Å². The highest BCUT2D eigenvalue weighted by Crippen LogP contribution is 2.29. The van der Waals surface area contributed by atoms with E-state index in [4.69, 9.17) is 16.3 Å². The van der Waals surface area contributed by atoms with E-state index in [0.29, 0.717) is 29.4 Å². The summed E-state index contributed by atoms with van der Waals surface area (Å²) in [7, 11) is -2.25. The summed E-state index contributed by atoms with van der Waals surface area (Å²) >= 11 is 5.87. The number of nitrogens with one attached hydrogen (secondary N) is 2. The van der Waals surface area contributed by atoms with Gasteiger partial charge in [0.2, 0.25) is 15.9 Å². The van der Waals surface area contributed by atoms with E-state index in [-0.39, 0.29) is 17.1 Å². The molecule has 8 nitrogen and oxygen atoms in total. The van der Waals surface area contributed by atoms with E-state index in [1.807, 2.05) is 0 Å². The quantitative estimate of drug-likeness (QED) is 0.654. The molecule has 1 fully saturated rings. The van der Waals surface area contributed by atoms with Crippen LogP contribution in [0.5, 0.6) is 5.75 Å². The maximum Gasteiger partial charge on any atom is 0.251 e. The van der Waals surface area contributed by atoms with Gasteiger partial charge in [-0.3, -0.25) is 9.59 Å². The van der Waals surface area contributed by atoms with Gasteiger partial charge in [0.1, 0.15) is 5.75 Å². The van der Waals surface area contributed by atoms with Gasteiger partial charge in [-0.25, -0.2) is 8.42 Å². The lowest BCUT2D eigenvalue weighted by molar-refractivity contribution is -0.115. The summed E-state index contributed by atoms with van der Waals surface area (Å²) in [5.74, 6) is -0.667. The fourth-order valence-corrected chi connectivity index (χ4v) is 5.02. The van der Waals surface area contributed by atoms with Crippen molar-refractivity contribution < 1.29 is 22.7 Å². The van der Waals surface area contributed by atoms with Crippen molar-refractivity contribution in [3.8, 4) is 5.75 Å². The molecule has 0 spiro atoms. The fourth-order valence-electron chi connectivity index (χ4n) is 3.29. The summed E-state index contributed by atoms with van der Waals surface area (Å²) in [4.78, 5) is 24.6. The number of ether oxygens (including phenoxy) is 1. The predicted octanol–water partition coefficient (Wildman–Crippen LogP) is 2.89. The highest BCUT2D eigenvalue weighted by Gasteiger charge is 2.27. The molecule has 2 amide bonds. The minimum Gasteiger partial charge on any atom is -0.495 e. The van der Waals surface area contributed by atoms with Crippen LogP contribution >= 0.6 is 11.6 Å². The van der Waals surface area contributed by atoms with E-state index < -0.39 is 21.8 Å². The van der Waals surface area contributed by atoms with Gasteiger partial charge in [0, 0.05) is 23.7 Å². The minimum atomic E-state index is -3.67. The molecule has 2 aromatic carbocycles. The van der Waals surface area contributed by atoms with Crippen molar-refractivity contribution in [2.45, 2.75) is 24.2 Å². The number of sulfonamides is 1. The molecule has 10 heteroatoms. The molecule has 1 heterocycles. The minimum absolute atomic E-state index is 0.0773. The molecular weight excluding hydrogens is 442 g/mol. The molecule has 0 saturated carbocycles. The van der Waals surface area contributed by atoms with Crippen molar-refractivity contribution in [1.29, 1.82) is 0 Å². The second-order valence-corrected chi connectivity index (χ2v) is 9.44. The number of anilines is 1. The number of carbonyl (C=O) groups excluding carboxylic acids is 2. The van der Waals surface area contributed by atoms with Crippen LogP contribution in [0, 0.1) is 0 Å². The van der Waals surface area contributed by atoms with Crippen molar-refractivity contribution in [2.24, 2.45) is 0 Å². The van der Waals surface area contributed by atoms with E-state index in [0.717, 1.165) is 19.3 Å². The van der Waals surface area contributed by atoms with Crippen LogP contribution in [0.25, 0.3) is 0 Å². The Hall–Kier alpha value is -2.62. The summed E-state index contributed by atoms with van der Waals surface area (Å²) in [5, 5.41) is 5.52. The zero-order valence-electron chi connectivity index (χ0n) is 17.1. The summed E-state index contributed by atoms with van der Waals surface area (Å²) in [6.45, 7) is 0.648. The van der Waals surface area contributed by atoms with Gasteiger partial charge in [-0.1, -0.05) is 24.1 Å².